The van der Waals surface area contributed by atoms with Crippen molar-refractivity contribution in [1.29, 1.82) is 0 Å². The summed E-state index contributed by atoms with van der Waals surface area (Å²) in [7, 11) is 0. The van der Waals surface area contributed by atoms with E-state index in [1.165, 1.54) is 45.1 Å². The molecule has 1 saturated carbocycles. The first kappa shape index (κ1) is 8.55. The van der Waals surface area contributed by atoms with E-state index in [0.29, 0.717) is 0 Å². The van der Waals surface area contributed by atoms with E-state index in [4.69, 9.17) is 0 Å². The van der Waals surface area contributed by atoms with E-state index < -0.39 is 0 Å². The highest BCUT2D eigenvalue weighted by atomic mass is 15.0. The van der Waals surface area contributed by atoms with Crippen molar-refractivity contribution in [2.45, 2.75) is 51.5 Å². The van der Waals surface area contributed by atoms with Crippen LogP contribution >= 0.6 is 0 Å². The van der Waals surface area contributed by atoms with Crippen molar-refractivity contribution in [1.82, 2.24) is 5.32 Å². The van der Waals surface area contributed by atoms with Gasteiger partial charge >= 0.3 is 0 Å². The van der Waals surface area contributed by atoms with E-state index >= 15 is 0 Å². The van der Waals surface area contributed by atoms with Gasteiger partial charge in [-0.15, -0.1) is 0 Å². The fraction of sp³-hybridized carbons (Fsp3) is 1.00. The van der Waals surface area contributed by atoms with Crippen LogP contribution in [0.2, 0.25) is 0 Å². The van der Waals surface area contributed by atoms with E-state index in [9.17, 15) is 0 Å². The summed E-state index contributed by atoms with van der Waals surface area (Å²) in [5.74, 6) is 2.06. The highest BCUT2D eigenvalue weighted by Gasteiger charge is 2.33. The summed E-state index contributed by atoms with van der Waals surface area (Å²) >= 11 is 0. The highest BCUT2D eigenvalue weighted by Crippen LogP contribution is 2.36. The molecule has 0 radical (unpaired) electrons. The molecule has 1 nitrogen and oxygen atoms in total. The van der Waals surface area contributed by atoms with Crippen LogP contribution in [0.5, 0.6) is 0 Å². The maximum atomic E-state index is 3.58. The van der Waals surface area contributed by atoms with Gasteiger partial charge in [-0.05, 0) is 31.2 Å². The van der Waals surface area contributed by atoms with E-state index in [2.05, 4.69) is 12.2 Å². The Morgan fingerprint density at radius 2 is 1.92 bits per heavy atom. The van der Waals surface area contributed by atoms with Gasteiger partial charge in [-0.2, -0.15) is 0 Å². The Bertz CT molecular complexity index is 140. The van der Waals surface area contributed by atoms with Crippen molar-refractivity contribution in [2.75, 3.05) is 6.54 Å². The second-order valence-corrected chi connectivity index (χ2v) is 4.47. The largest absolute Gasteiger partial charge is 0.314 e. The van der Waals surface area contributed by atoms with Crippen molar-refractivity contribution in [3.8, 4) is 0 Å². The van der Waals surface area contributed by atoms with Crippen LogP contribution < -0.4 is 5.32 Å². The maximum Gasteiger partial charge on any atom is 0.0110 e. The van der Waals surface area contributed by atoms with Crippen LogP contribution in [0.1, 0.15) is 45.4 Å². The molecule has 1 saturated heterocycles. The third-order valence-corrected chi connectivity index (χ3v) is 3.87. The van der Waals surface area contributed by atoms with Gasteiger partial charge in [0.05, 0.1) is 0 Å². The molecule has 1 heterocycles. The minimum atomic E-state index is 0.898. The third kappa shape index (κ3) is 1.52. The number of nitrogens with one attached hydrogen (secondary N) is 1. The lowest BCUT2D eigenvalue weighted by molar-refractivity contribution is 0.136. The summed E-state index contributed by atoms with van der Waals surface area (Å²) in [6.45, 7) is 3.64. The van der Waals surface area contributed by atoms with Gasteiger partial charge in [0.15, 0.2) is 0 Å². The van der Waals surface area contributed by atoms with Crippen LogP contribution in [-0.4, -0.2) is 12.6 Å². The minimum absolute atomic E-state index is 0.898. The molecule has 0 aromatic rings. The number of hydrogen-bond donors (Lipinski definition) is 1. The van der Waals surface area contributed by atoms with Gasteiger partial charge in [0, 0.05) is 6.04 Å². The van der Waals surface area contributed by atoms with Gasteiger partial charge in [0.1, 0.15) is 0 Å². The zero-order valence-corrected chi connectivity index (χ0v) is 8.18. The van der Waals surface area contributed by atoms with Crippen molar-refractivity contribution in [2.24, 2.45) is 11.8 Å². The molecule has 1 heteroatoms. The van der Waals surface area contributed by atoms with Crippen LogP contribution in [0.25, 0.3) is 0 Å². The van der Waals surface area contributed by atoms with Crippen molar-refractivity contribution in [3.05, 3.63) is 0 Å². The second-order valence-electron chi connectivity index (χ2n) is 4.47. The molecule has 2 fully saturated rings. The van der Waals surface area contributed by atoms with Crippen LogP contribution in [0, 0.1) is 11.8 Å². The minimum Gasteiger partial charge on any atom is -0.314 e. The van der Waals surface area contributed by atoms with Gasteiger partial charge in [0.2, 0.25) is 0 Å². The second kappa shape index (κ2) is 3.78. The van der Waals surface area contributed by atoms with Crippen molar-refractivity contribution in [3.63, 3.8) is 0 Å². The first-order chi connectivity index (χ1) is 5.92. The van der Waals surface area contributed by atoms with Crippen molar-refractivity contribution < 1.29 is 0 Å². The predicted molar refractivity (Wildman–Crippen MR) is 52.1 cm³/mol. The van der Waals surface area contributed by atoms with Gasteiger partial charge in [-0.1, -0.05) is 32.6 Å². The molecule has 70 valence electrons. The Morgan fingerprint density at radius 1 is 1.17 bits per heavy atom. The standard InChI is InChI=1S/C11H21N/c1-2-9-5-3-4-6-10(9)11-7-8-12-11/h9-12H,2-8H2,1H3. The molecule has 0 bridgehead atoms. The topological polar surface area (TPSA) is 12.0 Å². The lowest BCUT2D eigenvalue weighted by Crippen LogP contribution is -2.50. The summed E-state index contributed by atoms with van der Waals surface area (Å²) in [6, 6.07) is 0.898. The smallest absolute Gasteiger partial charge is 0.0110 e. The Kier molecular flexibility index (Phi) is 2.69. The normalized spacial score (nSPS) is 42.2. The number of rotatable bonds is 2. The molecule has 1 aliphatic carbocycles. The number of hydrogen-bond acceptors (Lipinski definition) is 1. The lowest BCUT2D eigenvalue weighted by atomic mass is 9.72. The van der Waals surface area contributed by atoms with Crippen LogP contribution in [0.15, 0.2) is 0 Å². The Labute approximate surface area is 75.9 Å². The van der Waals surface area contributed by atoms with Crippen molar-refractivity contribution >= 4 is 0 Å². The zero-order valence-electron chi connectivity index (χ0n) is 8.18. The summed E-state index contributed by atoms with van der Waals surface area (Å²) in [6.07, 6.45) is 8.82. The SMILES string of the molecule is CCC1CCCCC1C1CCN1. The average molecular weight is 167 g/mol. The highest BCUT2D eigenvalue weighted by molar-refractivity contribution is 4.89. The van der Waals surface area contributed by atoms with E-state index in [0.717, 1.165) is 17.9 Å². The third-order valence-electron chi connectivity index (χ3n) is 3.87. The molecule has 3 unspecified atom stereocenters. The summed E-state index contributed by atoms with van der Waals surface area (Å²) in [4.78, 5) is 0. The first-order valence-electron chi connectivity index (χ1n) is 5.65. The molecule has 12 heavy (non-hydrogen) atoms. The molecule has 0 aromatic carbocycles. The van der Waals surface area contributed by atoms with Gasteiger partial charge in [-0.3, -0.25) is 0 Å². The Balaban J connectivity index is 1.90. The molecule has 2 rings (SSSR count). The molecule has 1 aliphatic heterocycles. The maximum absolute atomic E-state index is 3.58. The molecule has 0 aromatic heterocycles. The molecule has 0 amide bonds. The average Bonchev–Trinajstić information content (AvgIpc) is 2.02. The fourth-order valence-electron chi connectivity index (χ4n) is 2.95. The van der Waals surface area contributed by atoms with Crippen LogP contribution in [0.3, 0.4) is 0 Å². The van der Waals surface area contributed by atoms with Gasteiger partial charge in [0.25, 0.3) is 0 Å². The lowest BCUT2D eigenvalue weighted by Gasteiger charge is -2.42. The molecule has 3 atom stereocenters. The molecule has 0 spiro atoms. The van der Waals surface area contributed by atoms with Gasteiger partial charge in [-0.25, -0.2) is 0 Å². The first-order valence-corrected chi connectivity index (χ1v) is 5.65. The van der Waals surface area contributed by atoms with Gasteiger partial charge < -0.3 is 5.32 Å². The van der Waals surface area contributed by atoms with E-state index in [-0.39, 0.29) is 0 Å². The summed E-state index contributed by atoms with van der Waals surface area (Å²) in [5.41, 5.74) is 0. The quantitative estimate of drug-likeness (QED) is 0.666. The summed E-state index contributed by atoms with van der Waals surface area (Å²) < 4.78 is 0. The van der Waals surface area contributed by atoms with Crippen LogP contribution in [-0.2, 0) is 0 Å². The fourth-order valence-corrected chi connectivity index (χ4v) is 2.95. The molecular formula is C11H21N. The molecule has 1 N–H and O–H groups in total. The van der Waals surface area contributed by atoms with Crippen LogP contribution in [0.4, 0.5) is 0 Å². The zero-order chi connectivity index (χ0) is 8.39. The Hall–Kier alpha value is -0.0400. The van der Waals surface area contributed by atoms with E-state index in [1.54, 1.807) is 0 Å². The monoisotopic (exact) mass is 167 g/mol. The predicted octanol–water partition coefficient (Wildman–Crippen LogP) is 2.56. The summed E-state index contributed by atoms with van der Waals surface area (Å²) in [5, 5.41) is 3.58. The molecule has 2 aliphatic rings. The molecular weight excluding hydrogens is 146 g/mol. The Morgan fingerprint density at radius 3 is 2.50 bits per heavy atom. The van der Waals surface area contributed by atoms with E-state index in [1.807, 2.05) is 0 Å².